The first-order valence-corrected chi connectivity index (χ1v) is 9.03. The van der Waals surface area contributed by atoms with E-state index in [1.165, 1.54) is 33.0 Å². The maximum atomic E-state index is 4.31. The van der Waals surface area contributed by atoms with Crippen LogP contribution in [-0.2, 0) is 12.8 Å². The molecule has 132 valence electrons. The molecule has 0 saturated carbocycles. The molecular formula is C22H24N4. The van der Waals surface area contributed by atoms with E-state index in [2.05, 4.69) is 84.5 Å². The lowest BCUT2D eigenvalue weighted by Gasteiger charge is -2.08. The number of hydrogen-bond acceptors (Lipinski definition) is 2. The molecule has 4 nitrogen and oxygen atoms in total. The predicted molar refractivity (Wildman–Crippen MR) is 106 cm³/mol. The molecule has 4 aromatic rings. The molecule has 0 saturated heterocycles. The zero-order valence-corrected chi connectivity index (χ0v) is 15.8. The topological polar surface area (TPSA) is 57.4 Å². The summed E-state index contributed by atoms with van der Waals surface area (Å²) in [7, 11) is 0. The van der Waals surface area contributed by atoms with Gasteiger partial charge in [-0.15, -0.1) is 0 Å². The summed E-state index contributed by atoms with van der Waals surface area (Å²) in [6.07, 6.45) is 1.82. The van der Waals surface area contributed by atoms with Gasteiger partial charge in [0.2, 0.25) is 0 Å². The Morgan fingerprint density at radius 2 is 1.12 bits per heavy atom. The molecule has 0 bridgehead atoms. The highest BCUT2D eigenvalue weighted by atomic mass is 15.1. The largest absolute Gasteiger partial charge is 0.282 e. The Labute approximate surface area is 153 Å². The number of H-pyrrole nitrogens is 2. The number of rotatable bonds is 4. The van der Waals surface area contributed by atoms with Gasteiger partial charge >= 0.3 is 0 Å². The monoisotopic (exact) mass is 344 g/mol. The highest BCUT2D eigenvalue weighted by molar-refractivity contribution is 5.84. The minimum Gasteiger partial charge on any atom is -0.282 e. The van der Waals surface area contributed by atoms with Crippen LogP contribution in [0.4, 0.5) is 0 Å². The fourth-order valence-electron chi connectivity index (χ4n) is 3.64. The Kier molecular flexibility index (Phi) is 4.11. The van der Waals surface area contributed by atoms with Gasteiger partial charge in [-0.05, 0) is 49.6 Å². The maximum absolute atomic E-state index is 4.31. The second-order valence-corrected chi connectivity index (χ2v) is 7.19. The van der Waals surface area contributed by atoms with Crippen molar-refractivity contribution < 1.29 is 0 Å². The minimum absolute atomic E-state index is 0.911. The van der Waals surface area contributed by atoms with Crippen LogP contribution < -0.4 is 0 Å². The van der Waals surface area contributed by atoms with Crippen LogP contribution in [0.1, 0.15) is 45.0 Å². The third-order valence-electron chi connectivity index (χ3n) is 5.29. The van der Waals surface area contributed by atoms with Gasteiger partial charge in [-0.25, -0.2) is 0 Å². The van der Waals surface area contributed by atoms with E-state index < -0.39 is 0 Å². The number of aromatic nitrogens is 4. The van der Waals surface area contributed by atoms with Gasteiger partial charge in [0, 0.05) is 35.4 Å². The van der Waals surface area contributed by atoms with Crippen molar-refractivity contribution >= 4 is 10.8 Å². The van der Waals surface area contributed by atoms with Crippen molar-refractivity contribution in [3.63, 3.8) is 0 Å². The molecule has 2 aromatic carbocycles. The molecule has 26 heavy (non-hydrogen) atoms. The molecule has 0 aliphatic rings. The third-order valence-corrected chi connectivity index (χ3v) is 5.29. The molecule has 2 heterocycles. The fraction of sp³-hybridized carbons (Fsp3) is 0.273. The molecule has 0 atom stereocenters. The third kappa shape index (κ3) is 3.03. The van der Waals surface area contributed by atoms with Gasteiger partial charge < -0.3 is 0 Å². The average Bonchev–Trinajstić information content (AvgIpc) is 3.11. The number of aromatic amines is 2. The van der Waals surface area contributed by atoms with Gasteiger partial charge in [0.25, 0.3) is 0 Å². The van der Waals surface area contributed by atoms with Gasteiger partial charge in [0.05, 0.1) is 11.4 Å². The molecule has 0 amide bonds. The lowest BCUT2D eigenvalue weighted by atomic mass is 9.97. The highest BCUT2D eigenvalue weighted by Gasteiger charge is 2.10. The van der Waals surface area contributed by atoms with Gasteiger partial charge in [-0.2, -0.15) is 10.2 Å². The summed E-state index contributed by atoms with van der Waals surface area (Å²) in [5, 5.41) is 17.4. The maximum Gasteiger partial charge on any atom is 0.0629 e. The van der Waals surface area contributed by atoms with Gasteiger partial charge in [-0.1, -0.05) is 36.4 Å². The van der Waals surface area contributed by atoms with E-state index in [4.69, 9.17) is 0 Å². The number of aryl methyl sites for hydroxylation is 4. The van der Waals surface area contributed by atoms with Crippen molar-refractivity contribution in [2.24, 2.45) is 0 Å². The second kappa shape index (κ2) is 6.45. The van der Waals surface area contributed by atoms with Gasteiger partial charge in [-0.3, -0.25) is 10.2 Å². The molecule has 4 rings (SSSR count). The zero-order valence-electron chi connectivity index (χ0n) is 15.8. The molecule has 0 aliphatic heterocycles. The first-order valence-electron chi connectivity index (χ1n) is 9.03. The Morgan fingerprint density at radius 1 is 0.654 bits per heavy atom. The van der Waals surface area contributed by atoms with Crippen LogP contribution in [0.15, 0.2) is 36.4 Å². The number of hydrogen-bond donors (Lipinski definition) is 2. The minimum atomic E-state index is 0.911. The second-order valence-electron chi connectivity index (χ2n) is 7.19. The number of nitrogens with zero attached hydrogens (tertiary/aromatic N) is 2. The first kappa shape index (κ1) is 16.6. The summed E-state index contributed by atoms with van der Waals surface area (Å²) < 4.78 is 0. The quantitative estimate of drug-likeness (QED) is 0.564. The van der Waals surface area contributed by atoms with Crippen molar-refractivity contribution in [3.05, 3.63) is 81.4 Å². The molecule has 0 fully saturated rings. The van der Waals surface area contributed by atoms with Gasteiger partial charge in [0.1, 0.15) is 0 Å². The van der Waals surface area contributed by atoms with Crippen molar-refractivity contribution in [2.45, 2.75) is 40.5 Å². The van der Waals surface area contributed by atoms with E-state index in [-0.39, 0.29) is 0 Å². The molecule has 4 heteroatoms. The fourth-order valence-corrected chi connectivity index (χ4v) is 3.64. The lowest BCUT2D eigenvalue weighted by Crippen LogP contribution is -1.94. The number of benzene rings is 2. The van der Waals surface area contributed by atoms with Crippen LogP contribution in [0.25, 0.3) is 10.8 Å². The first-order chi connectivity index (χ1) is 12.5. The zero-order chi connectivity index (χ0) is 18.3. The SMILES string of the molecule is Cc1n[nH]c(C)c1Cc1ccc2ccc(Cc3c(C)n[nH]c3C)cc2c1. The van der Waals surface area contributed by atoms with E-state index in [0.717, 1.165) is 35.6 Å². The lowest BCUT2D eigenvalue weighted by molar-refractivity contribution is 1.02. The van der Waals surface area contributed by atoms with E-state index in [1.807, 2.05) is 0 Å². The summed E-state index contributed by atoms with van der Waals surface area (Å²) in [6.45, 7) is 8.30. The van der Waals surface area contributed by atoms with E-state index in [1.54, 1.807) is 0 Å². The summed E-state index contributed by atoms with van der Waals surface area (Å²) in [4.78, 5) is 0. The summed E-state index contributed by atoms with van der Waals surface area (Å²) in [5.41, 5.74) is 9.71. The summed E-state index contributed by atoms with van der Waals surface area (Å²) in [5.74, 6) is 0. The Bertz CT molecular complexity index is 963. The molecule has 0 radical (unpaired) electrons. The molecule has 0 spiro atoms. The highest BCUT2D eigenvalue weighted by Crippen LogP contribution is 2.23. The van der Waals surface area contributed by atoms with Crippen molar-refractivity contribution in [3.8, 4) is 0 Å². The molecule has 2 aromatic heterocycles. The van der Waals surface area contributed by atoms with Crippen molar-refractivity contribution in [2.75, 3.05) is 0 Å². The van der Waals surface area contributed by atoms with Crippen LogP contribution >= 0.6 is 0 Å². The summed E-state index contributed by atoms with van der Waals surface area (Å²) >= 11 is 0. The van der Waals surface area contributed by atoms with E-state index in [0.29, 0.717) is 0 Å². The predicted octanol–water partition coefficient (Wildman–Crippen LogP) is 4.70. The van der Waals surface area contributed by atoms with Crippen LogP contribution in [-0.4, -0.2) is 20.4 Å². The van der Waals surface area contributed by atoms with E-state index in [9.17, 15) is 0 Å². The van der Waals surface area contributed by atoms with Crippen LogP contribution in [0.2, 0.25) is 0 Å². The van der Waals surface area contributed by atoms with Crippen molar-refractivity contribution in [1.82, 2.24) is 20.4 Å². The normalized spacial score (nSPS) is 11.4. The Morgan fingerprint density at radius 3 is 1.50 bits per heavy atom. The molecular weight excluding hydrogens is 320 g/mol. The molecule has 2 N–H and O–H groups in total. The summed E-state index contributed by atoms with van der Waals surface area (Å²) in [6, 6.07) is 13.5. The van der Waals surface area contributed by atoms with Gasteiger partial charge in [0.15, 0.2) is 0 Å². The standard InChI is InChI=1S/C22H24N4/c1-13-21(14(2)24-23-13)11-17-5-7-19-8-6-18(10-20(19)9-17)12-22-15(3)25-26-16(22)4/h5-10H,11-12H2,1-4H3,(H,23,24)(H,25,26). The van der Waals surface area contributed by atoms with Crippen LogP contribution in [0, 0.1) is 27.7 Å². The van der Waals surface area contributed by atoms with Crippen LogP contribution in [0.3, 0.4) is 0 Å². The number of nitrogens with one attached hydrogen (secondary N) is 2. The smallest absolute Gasteiger partial charge is 0.0629 e. The average molecular weight is 344 g/mol. The van der Waals surface area contributed by atoms with Crippen molar-refractivity contribution in [1.29, 1.82) is 0 Å². The number of fused-ring (bicyclic) bond motifs is 1. The van der Waals surface area contributed by atoms with Crippen LogP contribution in [0.5, 0.6) is 0 Å². The Balaban J connectivity index is 1.66. The molecule has 0 aliphatic carbocycles. The molecule has 0 unspecified atom stereocenters. The Hall–Kier alpha value is -2.88. The van der Waals surface area contributed by atoms with E-state index >= 15 is 0 Å².